The summed E-state index contributed by atoms with van der Waals surface area (Å²) >= 11 is 0. The molecule has 176 valence electrons. The molecule has 1 heterocycles. The maximum absolute atomic E-state index is 11.8. The third-order valence-corrected chi connectivity index (χ3v) is 4.26. The van der Waals surface area contributed by atoms with E-state index >= 15 is 0 Å². The first-order valence-corrected chi connectivity index (χ1v) is 9.72. The number of rotatable bonds is 8. The highest BCUT2D eigenvalue weighted by molar-refractivity contribution is 5.68. The molecule has 1 saturated heterocycles. The van der Waals surface area contributed by atoms with E-state index in [1.807, 2.05) is 0 Å². The number of carbonyl (C=O) groups is 4. The number of methoxy groups -OCH3 is 1. The number of hydrogen-bond acceptors (Lipinski definition) is 11. The number of hydrogen-bond donors (Lipinski definition) is 0. The highest BCUT2D eigenvalue weighted by Gasteiger charge is 2.53. The fraction of sp³-hybridized carbons (Fsp3) is 0.524. The molecule has 5 atom stereocenters. The molecule has 32 heavy (non-hydrogen) atoms. The number of ether oxygens (including phenoxy) is 7. The summed E-state index contributed by atoms with van der Waals surface area (Å²) in [6.07, 6.45) is -6.20. The van der Waals surface area contributed by atoms with Crippen molar-refractivity contribution in [2.75, 3.05) is 13.7 Å². The summed E-state index contributed by atoms with van der Waals surface area (Å²) in [5.41, 5.74) is 0. The highest BCUT2D eigenvalue weighted by atomic mass is 16.7. The summed E-state index contributed by atoms with van der Waals surface area (Å²) < 4.78 is 37.8. The zero-order valence-electron chi connectivity index (χ0n) is 18.4. The summed E-state index contributed by atoms with van der Waals surface area (Å²) in [5, 5.41) is 0. The minimum Gasteiger partial charge on any atom is -0.497 e. The van der Waals surface area contributed by atoms with Gasteiger partial charge in [0.1, 0.15) is 24.2 Å². The molecule has 0 spiro atoms. The van der Waals surface area contributed by atoms with E-state index in [1.54, 1.807) is 24.3 Å². The molecule has 11 nitrogen and oxygen atoms in total. The van der Waals surface area contributed by atoms with Gasteiger partial charge in [-0.25, -0.2) is 0 Å². The van der Waals surface area contributed by atoms with Crippen molar-refractivity contribution in [3.63, 3.8) is 0 Å². The molecule has 1 aromatic rings. The minimum atomic E-state index is -1.29. The molecule has 0 aromatic heterocycles. The molecule has 0 N–H and O–H groups in total. The van der Waals surface area contributed by atoms with Crippen LogP contribution in [0.4, 0.5) is 0 Å². The molecule has 0 bridgehead atoms. The van der Waals surface area contributed by atoms with Gasteiger partial charge in [-0.05, 0) is 24.3 Å². The predicted octanol–water partition coefficient (Wildman–Crippen LogP) is 1.16. The molecule has 1 aliphatic rings. The Kier molecular flexibility index (Phi) is 8.82. The normalized spacial score (nSPS) is 24.6. The summed E-state index contributed by atoms with van der Waals surface area (Å²) in [6.45, 7) is 4.31. The monoisotopic (exact) mass is 454 g/mol. The van der Waals surface area contributed by atoms with Crippen LogP contribution in [-0.4, -0.2) is 68.3 Å². The molecular formula is C21H26O11. The summed E-state index contributed by atoms with van der Waals surface area (Å²) in [4.78, 5) is 46.6. The molecule has 11 heteroatoms. The first kappa shape index (κ1) is 24.9. The molecule has 0 aliphatic carbocycles. The van der Waals surface area contributed by atoms with Crippen LogP contribution in [-0.2, 0) is 42.9 Å². The zero-order chi connectivity index (χ0) is 23.8. The van der Waals surface area contributed by atoms with Gasteiger partial charge in [0.2, 0.25) is 12.4 Å². The van der Waals surface area contributed by atoms with Gasteiger partial charge in [-0.2, -0.15) is 0 Å². The van der Waals surface area contributed by atoms with Gasteiger partial charge >= 0.3 is 23.9 Å². The Morgan fingerprint density at radius 1 is 0.750 bits per heavy atom. The molecular weight excluding hydrogens is 428 g/mol. The van der Waals surface area contributed by atoms with Crippen LogP contribution in [0.1, 0.15) is 27.7 Å². The fourth-order valence-electron chi connectivity index (χ4n) is 3.07. The van der Waals surface area contributed by atoms with Crippen LogP contribution >= 0.6 is 0 Å². The molecule has 2 rings (SSSR count). The lowest BCUT2D eigenvalue weighted by Gasteiger charge is -2.43. The van der Waals surface area contributed by atoms with E-state index in [2.05, 4.69) is 0 Å². The lowest BCUT2D eigenvalue weighted by Crippen LogP contribution is -2.63. The number of benzene rings is 1. The Morgan fingerprint density at radius 2 is 1.25 bits per heavy atom. The lowest BCUT2D eigenvalue weighted by atomic mass is 9.98. The van der Waals surface area contributed by atoms with E-state index in [9.17, 15) is 19.2 Å². The van der Waals surface area contributed by atoms with Gasteiger partial charge in [0.15, 0.2) is 12.2 Å². The predicted molar refractivity (Wildman–Crippen MR) is 106 cm³/mol. The maximum Gasteiger partial charge on any atom is 0.303 e. The van der Waals surface area contributed by atoms with Crippen LogP contribution in [0, 0.1) is 0 Å². The van der Waals surface area contributed by atoms with Crippen LogP contribution in [0.15, 0.2) is 24.3 Å². The standard InChI is InChI=1S/C21H26O11/c1-11(22)27-10-17-18(28-12(2)23)19(29-13(3)24)20(30-14(4)25)21(32-17)31-16-8-6-15(26-5)7-9-16/h6-9,17-21H,10H2,1-5H3/t17?,18-,19-,20?,21+/m0/s1. The van der Waals surface area contributed by atoms with Crippen molar-refractivity contribution in [2.24, 2.45) is 0 Å². The average molecular weight is 454 g/mol. The smallest absolute Gasteiger partial charge is 0.303 e. The second-order valence-electron chi connectivity index (χ2n) is 6.86. The van der Waals surface area contributed by atoms with Crippen molar-refractivity contribution < 1.29 is 52.3 Å². The molecule has 0 amide bonds. The van der Waals surface area contributed by atoms with Crippen molar-refractivity contribution in [3.8, 4) is 11.5 Å². The molecule has 2 unspecified atom stereocenters. The molecule has 1 aromatic carbocycles. The molecule has 0 saturated carbocycles. The molecule has 0 radical (unpaired) electrons. The summed E-state index contributed by atoms with van der Waals surface area (Å²) in [5.74, 6) is -1.83. The average Bonchev–Trinajstić information content (AvgIpc) is 2.70. The van der Waals surface area contributed by atoms with Crippen LogP contribution in [0.25, 0.3) is 0 Å². The quantitative estimate of drug-likeness (QED) is 0.414. The first-order valence-electron chi connectivity index (χ1n) is 9.72. The van der Waals surface area contributed by atoms with E-state index in [4.69, 9.17) is 33.2 Å². The van der Waals surface area contributed by atoms with E-state index in [0.29, 0.717) is 11.5 Å². The molecule has 1 aliphatic heterocycles. The topological polar surface area (TPSA) is 133 Å². The number of carbonyl (C=O) groups excluding carboxylic acids is 4. The van der Waals surface area contributed by atoms with Crippen LogP contribution < -0.4 is 9.47 Å². The molecule has 1 fully saturated rings. The summed E-state index contributed by atoms with van der Waals surface area (Å²) in [6, 6.07) is 6.46. The van der Waals surface area contributed by atoms with Crippen molar-refractivity contribution in [1.29, 1.82) is 0 Å². The third kappa shape index (κ3) is 7.12. The van der Waals surface area contributed by atoms with E-state index < -0.39 is 54.6 Å². The summed E-state index contributed by atoms with van der Waals surface area (Å²) in [7, 11) is 1.51. The van der Waals surface area contributed by atoms with Gasteiger partial charge in [0.05, 0.1) is 7.11 Å². The van der Waals surface area contributed by atoms with Crippen LogP contribution in [0.5, 0.6) is 11.5 Å². The van der Waals surface area contributed by atoms with E-state index in [0.717, 1.165) is 20.8 Å². The first-order chi connectivity index (χ1) is 15.1. The fourth-order valence-corrected chi connectivity index (χ4v) is 3.07. The Bertz CT molecular complexity index is 820. The number of esters is 4. The van der Waals surface area contributed by atoms with Crippen LogP contribution in [0.2, 0.25) is 0 Å². The van der Waals surface area contributed by atoms with Gasteiger partial charge in [-0.3, -0.25) is 19.2 Å². The Labute approximate surface area is 184 Å². The highest BCUT2D eigenvalue weighted by Crippen LogP contribution is 2.31. The zero-order valence-corrected chi connectivity index (χ0v) is 18.4. The van der Waals surface area contributed by atoms with Crippen molar-refractivity contribution in [2.45, 2.75) is 58.4 Å². The Balaban J connectivity index is 2.42. The van der Waals surface area contributed by atoms with E-state index in [-0.39, 0.29) is 6.61 Å². The van der Waals surface area contributed by atoms with Crippen molar-refractivity contribution in [3.05, 3.63) is 24.3 Å². The van der Waals surface area contributed by atoms with Gasteiger partial charge in [0, 0.05) is 27.7 Å². The van der Waals surface area contributed by atoms with Gasteiger partial charge < -0.3 is 33.2 Å². The lowest BCUT2D eigenvalue weighted by molar-refractivity contribution is -0.288. The van der Waals surface area contributed by atoms with Gasteiger partial charge in [-0.15, -0.1) is 0 Å². The third-order valence-electron chi connectivity index (χ3n) is 4.26. The second-order valence-corrected chi connectivity index (χ2v) is 6.86. The van der Waals surface area contributed by atoms with E-state index in [1.165, 1.54) is 14.0 Å². The largest absolute Gasteiger partial charge is 0.497 e. The van der Waals surface area contributed by atoms with Gasteiger partial charge in [-0.1, -0.05) is 0 Å². The Morgan fingerprint density at radius 3 is 1.75 bits per heavy atom. The maximum atomic E-state index is 11.8. The SMILES string of the molecule is COc1ccc(O[C@@H]2OC(COC(C)=O)[C@H](OC(C)=O)[C@H](OC(C)=O)C2OC(C)=O)cc1. The van der Waals surface area contributed by atoms with Gasteiger partial charge in [0.25, 0.3) is 0 Å². The van der Waals surface area contributed by atoms with Crippen LogP contribution in [0.3, 0.4) is 0 Å². The van der Waals surface area contributed by atoms with Crippen molar-refractivity contribution >= 4 is 23.9 Å². The Hall–Kier alpha value is -3.34. The minimum absolute atomic E-state index is 0.326. The van der Waals surface area contributed by atoms with Crippen molar-refractivity contribution in [1.82, 2.24) is 0 Å². The second kappa shape index (κ2) is 11.3.